The SMILES string of the molecule is NC(=O)c1nc([C@@]2(O)Cc3ccccc3[C@@H]2n2cnc([N+](=O)[O-])c2)cn1[C@H]1c2ccccc2C[C@H]1O. The standard InChI is InChI=1S/C25H22N6O5/c26-23(33)24-28-19(11-30(24)21-16-7-3-1-5-14(16)9-18(21)32)25(34)10-15-6-2-4-8-17(15)22(25)29-12-20(27-13-29)31(35)36/h1-8,11-13,18,21-22,32,34H,9-10H2,(H2,26,33)/t18-,21+,22+,25+/m1/s1. The van der Waals surface area contributed by atoms with Gasteiger partial charge in [-0.2, -0.15) is 0 Å². The van der Waals surface area contributed by atoms with E-state index in [1.807, 2.05) is 48.5 Å². The predicted octanol–water partition coefficient (Wildman–Crippen LogP) is 1.63. The fourth-order valence-electron chi connectivity index (χ4n) is 5.69. The quantitative estimate of drug-likeness (QED) is 0.285. The zero-order valence-electron chi connectivity index (χ0n) is 18.9. The maximum Gasteiger partial charge on any atom is 0.381 e. The summed E-state index contributed by atoms with van der Waals surface area (Å²) in [7, 11) is 0. The number of carbonyl (C=O) groups is 1. The molecule has 4 N–H and O–H groups in total. The van der Waals surface area contributed by atoms with Crippen molar-refractivity contribution in [3.63, 3.8) is 0 Å². The number of aliphatic hydroxyl groups excluding tert-OH is 1. The zero-order valence-corrected chi connectivity index (χ0v) is 18.9. The number of nitrogens with zero attached hydrogens (tertiary/aromatic N) is 5. The lowest BCUT2D eigenvalue weighted by molar-refractivity contribution is -0.389. The van der Waals surface area contributed by atoms with Crippen LogP contribution < -0.4 is 5.73 Å². The second kappa shape index (κ2) is 7.83. The Labute approximate surface area is 204 Å². The average Bonchev–Trinajstić information content (AvgIpc) is 3.60. The lowest BCUT2D eigenvalue weighted by Gasteiger charge is -2.29. The van der Waals surface area contributed by atoms with E-state index in [4.69, 9.17) is 5.73 Å². The van der Waals surface area contributed by atoms with Gasteiger partial charge in [0.2, 0.25) is 6.33 Å². The molecule has 6 rings (SSSR count). The minimum atomic E-state index is -1.67. The number of rotatable bonds is 5. The topological polar surface area (TPSA) is 162 Å². The van der Waals surface area contributed by atoms with Crippen molar-refractivity contribution in [3.05, 3.63) is 111 Å². The molecule has 0 spiro atoms. The largest absolute Gasteiger partial charge is 0.390 e. The summed E-state index contributed by atoms with van der Waals surface area (Å²) >= 11 is 0. The molecule has 0 unspecified atom stereocenters. The van der Waals surface area contributed by atoms with Gasteiger partial charge < -0.3 is 30.6 Å². The zero-order chi connectivity index (χ0) is 25.2. The van der Waals surface area contributed by atoms with Crippen LogP contribution in [0.15, 0.2) is 67.3 Å². The molecule has 1 amide bonds. The van der Waals surface area contributed by atoms with Crippen molar-refractivity contribution in [3.8, 4) is 0 Å². The Bertz CT molecular complexity index is 1530. The number of amides is 1. The van der Waals surface area contributed by atoms with E-state index in [2.05, 4.69) is 9.97 Å². The summed E-state index contributed by atoms with van der Waals surface area (Å²) in [6.45, 7) is 0. The number of benzene rings is 2. The Morgan fingerprint density at radius 2 is 1.81 bits per heavy atom. The summed E-state index contributed by atoms with van der Waals surface area (Å²) in [6, 6.07) is 13.5. The van der Waals surface area contributed by atoms with E-state index in [1.54, 1.807) is 6.20 Å². The molecular weight excluding hydrogens is 464 g/mol. The van der Waals surface area contributed by atoms with E-state index in [1.165, 1.54) is 21.7 Å². The molecule has 36 heavy (non-hydrogen) atoms. The maximum atomic E-state index is 12.5. The number of carbonyl (C=O) groups excluding carboxylic acids is 1. The van der Waals surface area contributed by atoms with Crippen LogP contribution in [0.3, 0.4) is 0 Å². The molecule has 2 aliphatic rings. The fraction of sp³-hybridized carbons (Fsp3) is 0.240. The number of nitro groups is 1. The summed E-state index contributed by atoms with van der Waals surface area (Å²) in [6.07, 6.45) is 3.87. The third kappa shape index (κ3) is 3.17. The second-order valence-electron chi connectivity index (χ2n) is 9.27. The van der Waals surface area contributed by atoms with Crippen molar-refractivity contribution >= 4 is 11.7 Å². The molecule has 2 aromatic carbocycles. The number of aromatic nitrogens is 4. The Morgan fingerprint density at radius 1 is 1.11 bits per heavy atom. The number of nitrogens with two attached hydrogens (primary N) is 1. The van der Waals surface area contributed by atoms with Crippen molar-refractivity contribution in [1.29, 1.82) is 0 Å². The van der Waals surface area contributed by atoms with E-state index in [0.29, 0.717) is 6.42 Å². The Morgan fingerprint density at radius 3 is 2.50 bits per heavy atom. The Hall–Kier alpha value is -4.35. The molecule has 2 aliphatic carbocycles. The van der Waals surface area contributed by atoms with Crippen LogP contribution in [-0.4, -0.2) is 46.2 Å². The van der Waals surface area contributed by atoms with Crippen LogP contribution in [0.5, 0.6) is 0 Å². The van der Waals surface area contributed by atoms with Crippen LogP contribution in [0.2, 0.25) is 0 Å². The first kappa shape index (κ1) is 22.1. The third-order valence-electron chi connectivity index (χ3n) is 7.20. The molecule has 4 atom stereocenters. The molecule has 2 aromatic heterocycles. The molecule has 11 heteroatoms. The first-order valence-corrected chi connectivity index (χ1v) is 11.4. The molecule has 0 saturated heterocycles. The summed E-state index contributed by atoms with van der Waals surface area (Å²) in [5.74, 6) is -1.24. The van der Waals surface area contributed by atoms with Gasteiger partial charge in [-0.3, -0.25) is 9.36 Å². The van der Waals surface area contributed by atoms with Gasteiger partial charge in [0.1, 0.15) is 11.8 Å². The smallest absolute Gasteiger partial charge is 0.381 e. The summed E-state index contributed by atoms with van der Waals surface area (Å²) in [5, 5.41) is 34.3. The van der Waals surface area contributed by atoms with Gasteiger partial charge in [0.15, 0.2) is 5.82 Å². The van der Waals surface area contributed by atoms with E-state index < -0.39 is 34.6 Å². The van der Waals surface area contributed by atoms with Crippen LogP contribution in [0, 0.1) is 10.1 Å². The van der Waals surface area contributed by atoms with E-state index in [0.717, 1.165) is 22.3 Å². The van der Waals surface area contributed by atoms with Crippen LogP contribution in [0.1, 0.15) is 50.7 Å². The Kier molecular flexibility index (Phi) is 4.82. The minimum Gasteiger partial charge on any atom is -0.390 e. The third-order valence-corrected chi connectivity index (χ3v) is 7.20. The van der Waals surface area contributed by atoms with Gasteiger partial charge in [0, 0.05) is 19.0 Å². The monoisotopic (exact) mass is 486 g/mol. The molecule has 4 aromatic rings. The molecule has 0 aliphatic heterocycles. The number of hydrogen-bond acceptors (Lipinski definition) is 7. The molecule has 2 heterocycles. The maximum absolute atomic E-state index is 12.5. The van der Waals surface area contributed by atoms with E-state index >= 15 is 0 Å². The van der Waals surface area contributed by atoms with Crippen LogP contribution >= 0.6 is 0 Å². The van der Waals surface area contributed by atoms with Crippen molar-refractivity contribution < 1.29 is 19.9 Å². The molecule has 11 nitrogen and oxygen atoms in total. The molecular formula is C25H22N6O5. The highest BCUT2D eigenvalue weighted by Gasteiger charge is 2.50. The van der Waals surface area contributed by atoms with Gasteiger partial charge in [-0.1, -0.05) is 48.5 Å². The highest BCUT2D eigenvalue weighted by atomic mass is 16.6. The number of primary amides is 1. The van der Waals surface area contributed by atoms with Crippen molar-refractivity contribution in [1.82, 2.24) is 19.1 Å². The number of aliphatic hydroxyl groups is 2. The first-order valence-electron chi connectivity index (χ1n) is 11.4. The molecule has 0 radical (unpaired) electrons. The van der Waals surface area contributed by atoms with Crippen LogP contribution in [0.25, 0.3) is 0 Å². The highest BCUT2D eigenvalue weighted by molar-refractivity contribution is 5.89. The average molecular weight is 486 g/mol. The van der Waals surface area contributed by atoms with E-state index in [9.17, 15) is 25.1 Å². The van der Waals surface area contributed by atoms with Crippen molar-refractivity contribution in [2.75, 3.05) is 0 Å². The number of fused-ring (bicyclic) bond motifs is 2. The molecule has 182 valence electrons. The minimum absolute atomic E-state index is 0.0921. The van der Waals surface area contributed by atoms with E-state index in [-0.39, 0.29) is 23.8 Å². The summed E-state index contributed by atoms with van der Waals surface area (Å²) in [5.41, 5.74) is 7.59. The van der Waals surface area contributed by atoms with Gasteiger partial charge in [-0.25, -0.2) is 4.98 Å². The van der Waals surface area contributed by atoms with Gasteiger partial charge in [-0.15, -0.1) is 0 Å². The first-order chi connectivity index (χ1) is 17.3. The van der Waals surface area contributed by atoms with Crippen molar-refractivity contribution in [2.45, 2.75) is 36.6 Å². The molecule has 0 saturated carbocycles. The Balaban J connectivity index is 1.51. The number of imidazole rings is 2. The fourth-order valence-corrected chi connectivity index (χ4v) is 5.69. The normalized spacial score (nSPS) is 24.4. The number of hydrogen-bond donors (Lipinski definition) is 3. The highest BCUT2D eigenvalue weighted by Crippen LogP contribution is 2.48. The predicted molar refractivity (Wildman–Crippen MR) is 126 cm³/mol. The molecule has 0 bridgehead atoms. The second-order valence-corrected chi connectivity index (χ2v) is 9.27. The lowest BCUT2D eigenvalue weighted by atomic mass is 9.91. The van der Waals surface area contributed by atoms with Gasteiger partial charge >= 0.3 is 5.82 Å². The van der Waals surface area contributed by atoms with Gasteiger partial charge in [-0.05, 0) is 32.2 Å². The van der Waals surface area contributed by atoms with Crippen LogP contribution in [0.4, 0.5) is 5.82 Å². The van der Waals surface area contributed by atoms with Gasteiger partial charge in [0.05, 0.1) is 23.9 Å². The molecule has 0 fully saturated rings. The van der Waals surface area contributed by atoms with Gasteiger partial charge in [0.25, 0.3) is 5.91 Å². The van der Waals surface area contributed by atoms with Crippen LogP contribution in [-0.2, 0) is 18.4 Å². The van der Waals surface area contributed by atoms with Crippen molar-refractivity contribution in [2.24, 2.45) is 5.73 Å². The summed E-state index contributed by atoms with van der Waals surface area (Å²) < 4.78 is 3.02. The lowest BCUT2D eigenvalue weighted by Crippen LogP contribution is -2.35. The summed E-state index contributed by atoms with van der Waals surface area (Å²) in [4.78, 5) is 31.5.